The number of benzene rings is 3. The van der Waals surface area contributed by atoms with Crippen LogP contribution in [0.4, 0.5) is 5.69 Å². The molecule has 1 N–H and O–H groups in total. The lowest BCUT2D eigenvalue weighted by molar-refractivity contribution is -0.140. The highest BCUT2D eigenvalue weighted by Gasteiger charge is 2.33. The van der Waals surface area contributed by atoms with E-state index in [1.54, 1.807) is 54.6 Å². The van der Waals surface area contributed by atoms with Gasteiger partial charge in [-0.15, -0.1) is 0 Å². The molecule has 2 amide bonds. The van der Waals surface area contributed by atoms with Crippen LogP contribution in [0.15, 0.2) is 77.7 Å². The SMILES string of the molecule is CCC(C(=O)NC(C)C)N(Cc1ccc(Cl)cc1)C(=O)CN(c1cccc(C)c1)S(=O)(=O)c1ccc(C)cc1. The van der Waals surface area contributed by atoms with Crippen LogP contribution in [-0.4, -0.2) is 43.8 Å². The molecule has 0 aliphatic carbocycles. The molecular formula is C30H36ClN3O4S. The van der Waals surface area contributed by atoms with Crippen LogP contribution in [0, 0.1) is 13.8 Å². The first-order valence-electron chi connectivity index (χ1n) is 12.9. The lowest BCUT2D eigenvalue weighted by Crippen LogP contribution is -2.53. The molecule has 1 unspecified atom stereocenters. The number of rotatable bonds is 11. The maximum Gasteiger partial charge on any atom is 0.264 e. The van der Waals surface area contributed by atoms with Crippen LogP contribution in [0.5, 0.6) is 0 Å². The van der Waals surface area contributed by atoms with Gasteiger partial charge in [0.1, 0.15) is 12.6 Å². The molecule has 0 spiro atoms. The largest absolute Gasteiger partial charge is 0.352 e. The highest BCUT2D eigenvalue weighted by Crippen LogP contribution is 2.26. The lowest BCUT2D eigenvalue weighted by atomic mass is 10.1. The number of carbonyl (C=O) groups excluding carboxylic acids is 2. The van der Waals surface area contributed by atoms with Crippen LogP contribution in [0.3, 0.4) is 0 Å². The van der Waals surface area contributed by atoms with E-state index >= 15 is 0 Å². The Bertz CT molecular complexity index is 1390. The first kappa shape index (κ1) is 30.2. The van der Waals surface area contributed by atoms with Crippen molar-refractivity contribution in [3.8, 4) is 0 Å². The van der Waals surface area contributed by atoms with Gasteiger partial charge in [0.2, 0.25) is 11.8 Å². The van der Waals surface area contributed by atoms with Crippen molar-refractivity contribution in [1.82, 2.24) is 10.2 Å². The molecule has 0 aliphatic rings. The molecule has 0 aliphatic heterocycles. The van der Waals surface area contributed by atoms with E-state index in [4.69, 9.17) is 11.6 Å². The number of nitrogens with one attached hydrogen (secondary N) is 1. The summed E-state index contributed by atoms with van der Waals surface area (Å²) in [5.74, 6) is -0.786. The number of aryl methyl sites for hydroxylation is 2. The van der Waals surface area contributed by atoms with Gasteiger partial charge in [-0.25, -0.2) is 8.42 Å². The lowest BCUT2D eigenvalue weighted by Gasteiger charge is -2.33. The quantitative estimate of drug-likeness (QED) is 0.331. The highest BCUT2D eigenvalue weighted by atomic mass is 35.5. The number of nitrogens with zero attached hydrogens (tertiary/aromatic N) is 2. The molecule has 3 aromatic carbocycles. The van der Waals surface area contributed by atoms with E-state index in [0.717, 1.165) is 21.0 Å². The maximum absolute atomic E-state index is 14.0. The minimum absolute atomic E-state index is 0.0799. The zero-order chi connectivity index (χ0) is 28.7. The van der Waals surface area contributed by atoms with E-state index in [1.165, 1.54) is 17.0 Å². The summed E-state index contributed by atoms with van der Waals surface area (Å²) in [7, 11) is -4.10. The number of carbonyl (C=O) groups is 2. The third-order valence-electron chi connectivity index (χ3n) is 6.26. The van der Waals surface area contributed by atoms with E-state index in [1.807, 2.05) is 40.7 Å². The Morgan fingerprint density at radius 3 is 2.13 bits per heavy atom. The van der Waals surface area contributed by atoms with Crippen molar-refractivity contribution in [3.63, 3.8) is 0 Å². The van der Waals surface area contributed by atoms with Crippen LogP contribution in [0.1, 0.15) is 43.9 Å². The summed E-state index contributed by atoms with van der Waals surface area (Å²) in [6, 6.07) is 19.6. The summed E-state index contributed by atoms with van der Waals surface area (Å²) in [5, 5.41) is 3.44. The number of amides is 2. The predicted octanol–water partition coefficient (Wildman–Crippen LogP) is 5.48. The van der Waals surface area contributed by atoms with Gasteiger partial charge >= 0.3 is 0 Å². The normalized spacial score (nSPS) is 12.2. The number of halogens is 1. The summed E-state index contributed by atoms with van der Waals surface area (Å²) >= 11 is 6.06. The van der Waals surface area contributed by atoms with Gasteiger partial charge in [0.05, 0.1) is 10.6 Å². The molecular weight excluding hydrogens is 534 g/mol. The van der Waals surface area contributed by atoms with E-state index in [0.29, 0.717) is 17.1 Å². The molecule has 3 aromatic rings. The molecule has 0 fully saturated rings. The van der Waals surface area contributed by atoms with Crippen LogP contribution < -0.4 is 9.62 Å². The van der Waals surface area contributed by atoms with Crippen molar-refractivity contribution in [2.24, 2.45) is 0 Å². The van der Waals surface area contributed by atoms with Crippen LogP contribution in [0.2, 0.25) is 5.02 Å². The zero-order valence-electron chi connectivity index (χ0n) is 23.0. The van der Waals surface area contributed by atoms with Crippen molar-refractivity contribution in [2.45, 2.75) is 64.6 Å². The Morgan fingerprint density at radius 1 is 0.923 bits per heavy atom. The fraction of sp³-hybridized carbons (Fsp3) is 0.333. The second-order valence-corrected chi connectivity index (χ2v) is 12.2. The molecule has 1 atom stereocenters. The summed E-state index contributed by atoms with van der Waals surface area (Å²) in [6.07, 6.45) is 0.354. The Hall–Kier alpha value is -3.36. The van der Waals surface area contributed by atoms with Crippen LogP contribution >= 0.6 is 11.6 Å². The van der Waals surface area contributed by atoms with Gasteiger partial charge in [0.15, 0.2) is 0 Å². The molecule has 9 heteroatoms. The number of hydrogen-bond acceptors (Lipinski definition) is 4. The fourth-order valence-electron chi connectivity index (χ4n) is 4.24. The van der Waals surface area contributed by atoms with Gasteiger partial charge in [0.25, 0.3) is 10.0 Å². The smallest absolute Gasteiger partial charge is 0.264 e. The molecule has 7 nitrogen and oxygen atoms in total. The first-order valence-corrected chi connectivity index (χ1v) is 14.7. The predicted molar refractivity (Wildman–Crippen MR) is 156 cm³/mol. The molecule has 3 rings (SSSR count). The number of anilines is 1. The summed E-state index contributed by atoms with van der Waals surface area (Å²) in [4.78, 5) is 28.7. The highest BCUT2D eigenvalue weighted by molar-refractivity contribution is 7.92. The molecule has 39 heavy (non-hydrogen) atoms. The summed E-state index contributed by atoms with van der Waals surface area (Å²) in [6.45, 7) is 8.91. The van der Waals surface area contributed by atoms with Crippen molar-refractivity contribution >= 4 is 39.1 Å². The number of hydrogen-bond donors (Lipinski definition) is 1. The fourth-order valence-corrected chi connectivity index (χ4v) is 5.77. The topological polar surface area (TPSA) is 86.8 Å². The van der Waals surface area contributed by atoms with E-state index < -0.39 is 28.5 Å². The van der Waals surface area contributed by atoms with Crippen molar-refractivity contribution in [3.05, 3.63) is 94.5 Å². The van der Waals surface area contributed by atoms with E-state index in [2.05, 4.69) is 5.32 Å². The second kappa shape index (κ2) is 13.1. The molecule has 0 saturated heterocycles. The van der Waals surface area contributed by atoms with Gasteiger partial charge in [-0.3, -0.25) is 13.9 Å². The Morgan fingerprint density at radius 2 is 1.56 bits per heavy atom. The summed E-state index contributed by atoms with van der Waals surface area (Å²) in [5.41, 5.74) is 2.91. The minimum Gasteiger partial charge on any atom is -0.352 e. The first-order chi connectivity index (χ1) is 18.4. The molecule has 0 heterocycles. The third kappa shape index (κ3) is 7.83. The standard InChI is InChI=1S/C30H36ClN3O4S/c1-6-28(30(36)32-21(2)3)33(19-24-12-14-25(31)15-13-24)29(35)20-34(26-9-7-8-23(5)18-26)39(37,38)27-16-10-22(4)11-17-27/h7-18,21,28H,6,19-20H2,1-5H3,(H,32,36). The Kier molecular flexibility index (Phi) is 10.2. The molecule has 0 radical (unpaired) electrons. The van der Waals surface area contributed by atoms with Crippen molar-refractivity contribution < 1.29 is 18.0 Å². The molecule has 0 aromatic heterocycles. The maximum atomic E-state index is 14.0. The van der Waals surface area contributed by atoms with Crippen molar-refractivity contribution in [2.75, 3.05) is 10.8 Å². The molecule has 208 valence electrons. The summed E-state index contributed by atoms with van der Waals surface area (Å²) < 4.78 is 28.9. The Balaban J connectivity index is 2.06. The van der Waals surface area contributed by atoms with Gasteiger partial charge in [0, 0.05) is 17.6 Å². The Labute approximate surface area is 236 Å². The van der Waals surface area contributed by atoms with Crippen LogP contribution in [-0.2, 0) is 26.2 Å². The van der Waals surface area contributed by atoms with Gasteiger partial charge in [-0.05, 0) is 81.6 Å². The number of sulfonamides is 1. The van der Waals surface area contributed by atoms with Gasteiger partial charge in [-0.1, -0.05) is 60.5 Å². The van der Waals surface area contributed by atoms with Crippen LogP contribution in [0.25, 0.3) is 0 Å². The van der Waals surface area contributed by atoms with E-state index in [-0.39, 0.29) is 23.4 Å². The second-order valence-electron chi connectivity index (χ2n) is 9.90. The zero-order valence-corrected chi connectivity index (χ0v) is 24.6. The van der Waals surface area contributed by atoms with Gasteiger partial charge < -0.3 is 10.2 Å². The average Bonchev–Trinajstić information content (AvgIpc) is 2.88. The third-order valence-corrected chi connectivity index (χ3v) is 8.30. The monoisotopic (exact) mass is 569 g/mol. The average molecular weight is 570 g/mol. The molecule has 0 bridgehead atoms. The van der Waals surface area contributed by atoms with E-state index in [9.17, 15) is 18.0 Å². The van der Waals surface area contributed by atoms with Crippen molar-refractivity contribution in [1.29, 1.82) is 0 Å². The molecule has 0 saturated carbocycles. The van der Waals surface area contributed by atoms with Gasteiger partial charge in [-0.2, -0.15) is 0 Å². The minimum atomic E-state index is -4.10.